The Labute approximate surface area is 119 Å². The van der Waals surface area contributed by atoms with Crippen LogP contribution in [0.25, 0.3) is 0 Å². The molecule has 1 saturated carbocycles. The van der Waals surface area contributed by atoms with Crippen LogP contribution in [-0.2, 0) is 0 Å². The topological polar surface area (TPSA) is 29.3 Å². The molecule has 18 heavy (non-hydrogen) atoms. The van der Waals surface area contributed by atoms with Crippen LogP contribution in [0.1, 0.15) is 24.9 Å². The van der Waals surface area contributed by atoms with Crippen LogP contribution in [0, 0.1) is 11.8 Å². The first-order valence-corrected chi connectivity index (χ1v) is 7.13. The molecule has 1 aliphatic carbocycles. The van der Waals surface area contributed by atoms with E-state index in [0.717, 1.165) is 23.9 Å². The maximum absolute atomic E-state index is 6.26. The van der Waals surface area contributed by atoms with Crippen LogP contribution in [0.2, 0.25) is 10.0 Å². The summed E-state index contributed by atoms with van der Waals surface area (Å²) >= 11 is 12.2. The number of nitrogens with zero attached hydrogens (tertiary/aromatic N) is 1. The first kappa shape index (κ1) is 14.1. The third-order valence-corrected chi connectivity index (χ3v) is 4.44. The lowest BCUT2D eigenvalue weighted by molar-refractivity contribution is 0.237. The summed E-state index contributed by atoms with van der Waals surface area (Å²) in [6.07, 6.45) is 1.33. The summed E-state index contributed by atoms with van der Waals surface area (Å²) in [5.41, 5.74) is 6.98. The Morgan fingerprint density at radius 2 is 2.11 bits per heavy atom. The first-order chi connectivity index (χ1) is 8.52. The monoisotopic (exact) mass is 286 g/mol. The molecule has 0 heterocycles. The van der Waals surface area contributed by atoms with Crippen LogP contribution in [0.15, 0.2) is 18.2 Å². The van der Waals surface area contributed by atoms with Crippen molar-refractivity contribution in [3.05, 3.63) is 33.8 Å². The van der Waals surface area contributed by atoms with E-state index in [4.69, 9.17) is 28.9 Å². The Kier molecular flexibility index (Phi) is 4.54. The van der Waals surface area contributed by atoms with Gasteiger partial charge in [0.25, 0.3) is 0 Å². The molecule has 0 aliphatic heterocycles. The lowest BCUT2D eigenvalue weighted by Crippen LogP contribution is -2.32. The largest absolute Gasteiger partial charge is 0.329 e. The van der Waals surface area contributed by atoms with E-state index in [9.17, 15) is 0 Å². The van der Waals surface area contributed by atoms with Crippen molar-refractivity contribution < 1.29 is 0 Å². The average molecular weight is 287 g/mol. The van der Waals surface area contributed by atoms with Crippen molar-refractivity contribution in [3.63, 3.8) is 0 Å². The number of halogens is 2. The van der Waals surface area contributed by atoms with Crippen LogP contribution in [-0.4, -0.2) is 25.0 Å². The van der Waals surface area contributed by atoms with Gasteiger partial charge in [0.1, 0.15) is 0 Å². The summed E-state index contributed by atoms with van der Waals surface area (Å²) in [5, 5.41) is 1.37. The zero-order valence-electron chi connectivity index (χ0n) is 10.9. The lowest BCUT2D eigenvalue weighted by Gasteiger charge is -2.28. The van der Waals surface area contributed by atoms with Crippen molar-refractivity contribution in [1.29, 1.82) is 0 Å². The van der Waals surface area contributed by atoms with Crippen molar-refractivity contribution in [2.24, 2.45) is 17.6 Å². The summed E-state index contributed by atoms with van der Waals surface area (Å²) in [5.74, 6) is 1.67. The average Bonchev–Trinajstić information content (AvgIpc) is 2.98. The number of nitrogens with two attached hydrogens (primary N) is 1. The van der Waals surface area contributed by atoms with Gasteiger partial charge >= 0.3 is 0 Å². The molecule has 1 aromatic carbocycles. The molecule has 1 aliphatic rings. The van der Waals surface area contributed by atoms with Crippen molar-refractivity contribution in [1.82, 2.24) is 4.90 Å². The van der Waals surface area contributed by atoms with E-state index in [1.165, 1.54) is 6.42 Å². The normalized spacial score (nSPS) is 24.3. The van der Waals surface area contributed by atoms with Gasteiger partial charge in [-0.3, -0.25) is 4.90 Å². The molecule has 0 spiro atoms. The minimum atomic E-state index is 0.169. The third kappa shape index (κ3) is 3.18. The van der Waals surface area contributed by atoms with Gasteiger partial charge in [0.2, 0.25) is 0 Å². The summed E-state index contributed by atoms with van der Waals surface area (Å²) in [6.45, 7) is 3.95. The molecule has 4 heteroatoms. The van der Waals surface area contributed by atoms with Crippen molar-refractivity contribution in [2.75, 3.05) is 20.1 Å². The predicted octanol–water partition coefficient (Wildman–Crippen LogP) is 3.58. The molecule has 0 aromatic heterocycles. The highest BCUT2D eigenvalue weighted by atomic mass is 35.5. The summed E-state index contributed by atoms with van der Waals surface area (Å²) in [7, 11) is 2.12. The number of hydrogen-bond acceptors (Lipinski definition) is 2. The molecule has 0 radical (unpaired) electrons. The molecule has 3 atom stereocenters. The summed E-state index contributed by atoms with van der Waals surface area (Å²) in [4.78, 5) is 2.31. The number of likely N-dealkylation sites (N-methyl/N-ethyl adjacent to an activating group) is 1. The fraction of sp³-hybridized carbons (Fsp3) is 0.571. The van der Waals surface area contributed by atoms with E-state index in [0.29, 0.717) is 16.6 Å². The second-order valence-corrected chi connectivity index (χ2v) is 6.17. The zero-order chi connectivity index (χ0) is 13.3. The van der Waals surface area contributed by atoms with E-state index in [2.05, 4.69) is 18.9 Å². The third-order valence-electron chi connectivity index (χ3n) is 3.88. The molecule has 1 aromatic rings. The first-order valence-electron chi connectivity index (χ1n) is 6.38. The van der Waals surface area contributed by atoms with Crippen molar-refractivity contribution >= 4 is 23.2 Å². The van der Waals surface area contributed by atoms with Crippen LogP contribution >= 0.6 is 23.2 Å². The van der Waals surface area contributed by atoms with Gasteiger partial charge in [-0.15, -0.1) is 0 Å². The molecule has 2 N–H and O–H groups in total. The van der Waals surface area contributed by atoms with Gasteiger partial charge in [0, 0.05) is 29.2 Å². The van der Waals surface area contributed by atoms with Gasteiger partial charge in [0.05, 0.1) is 0 Å². The quantitative estimate of drug-likeness (QED) is 0.897. The molecular formula is C14H20Cl2N2. The summed E-state index contributed by atoms with van der Waals surface area (Å²) in [6, 6.07) is 5.81. The highest BCUT2D eigenvalue weighted by molar-refractivity contribution is 6.35. The molecule has 0 bridgehead atoms. The fourth-order valence-corrected chi connectivity index (χ4v) is 3.00. The zero-order valence-corrected chi connectivity index (χ0v) is 12.4. The Morgan fingerprint density at radius 1 is 1.44 bits per heavy atom. The Balaban J connectivity index is 2.11. The Hall–Kier alpha value is -0.280. The molecule has 0 saturated heterocycles. The molecule has 2 nitrogen and oxygen atoms in total. The van der Waals surface area contributed by atoms with E-state index < -0.39 is 0 Å². The predicted molar refractivity (Wildman–Crippen MR) is 78.2 cm³/mol. The molecule has 0 amide bonds. The highest BCUT2D eigenvalue weighted by Gasteiger charge is 2.34. The fourth-order valence-electron chi connectivity index (χ4n) is 2.47. The second-order valence-electron chi connectivity index (χ2n) is 5.33. The van der Waals surface area contributed by atoms with Gasteiger partial charge in [-0.05, 0) is 43.0 Å². The standard InChI is InChI=1S/C14H20Cl2N2/c1-9-5-10(9)8-18(2)14(7-17)12-4-3-11(15)6-13(12)16/h3-4,6,9-10,14H,5,7-8,17H2,1-2H3. The van der Waals surface area contributed by atoms with E-state index in [-0.39, 0.29) is 6.04 Å². The molecular weight excluding hydrogens is 267 g/mol. The minimum absolute atomic E-state index is 0.169. The number of benzene rings is 1. The smallest absolute Gasteiger partial charge is 0.0482 e. The molecule has 3 unspecified atom stereocenters. The van der Waals surface area contributed by atoms with Gasteiger partial charge in [0.15, 0.2) is 0 Å². The van der Waals surface area contributed by atoms with Crippen LogP contribution in [0.4, 0.5) is 0 Å². The maximum Gasteiger partial charge on any atom is 0.0482 e. The van der Waals surface area contributed by atoms with Gasteiger partial charge in [-0.1, -0.05) is 36.2 Å². The number of rotatable bonds is 5. The van der Waals surface area contributed by atoms with Gasteiger partial charge in [-0.25, -0.2) is 0 Å². The van der Waals surface area contributed by atoms with Gasteiger partial charge < -0.3 is 5.73 Å². The maximum atomic E-state index is 6.26. The van der Waals surface area contributed by atoms with E-state index in [1.807, 2.05) is 12.1 Å². The van der Waals surface area contributed by atoms with Crippen LogP contribution < -0.4 is 5.73 Å². The summed E-state index contributed by atoms with van der Waals surface area (Å²) < 4.78 is 0. The minimum Gasteiger partial charge on any atom is -0.329 e. The van der Waals surface area contributed by atoms with Gasteiger partial charge in [-0.2, -0.15) is 0 Å². The van der Waals surface area contributed by atoms with Crippen LogP contribution in [0.5, 0.6) is 0 Å². The Bertz CT molecular complexity index is 422. The van der Waals surface area contributed by atoms with Crippen LogP contribution in [0.3, 0.4) is 0 Å². The molecule has 100 valence electrons. The lowest BCUT2D eigenvalue weighted by atomic mass is 10.1. The second kappa shape index (κ2) is 5.79. The number of hydrogen-bond donors (Lipinski definition) is 1. The molecule has 1 fully saturated rings. The van der Waals surface area contributed by atoms with Crippen molar-refractivity contribution in [2.45, 2.75) is 19.4 Å². The van der Waals surface area contributed by atoms with E-state index in [1.54, 1.807) is 6.07 Å². The van der Waals surface area contributed by atoms with Crippen molar-refractivity contribution in [3.8, 4) is 0 Å². The highest BCUT2D eigenvalue weighted by Crippen LogP contribution is 2.39. The molecule has 2 rings (SSSR count). The Morgan fingerprint density at radius 3 is 2.61 bits per heavy atom. The van der Waals surface area contributed by atoms with E-state index >= 15 is 0 Å². The SMILES string of the molecule is CC1CC1CN(C)C(CN)c1ccc(Cl)cc1Cl.